The summed E-state index contributed by atoms with van der Waals surface area (Å²) in [5.74, 6) is -0.0733. The summed E-state index contributed by atoms with van der Waals surface area (Å²) in [6.07, 6.45) is -0.107. The van der Waals surface area contributed by atoms with Gasteiger partial charge in [-0.25, -0.2) is 0 Å². The third-order valence-corrected chi connectivity index (χ3v) is 5.27. The molecule has 132 valence electrons. The Bertz CT molecular complexity index is 896. The molecule has 1 atom stereocenters. The number of carbonyl (C=O) groups is 1. The zero-order chi connectivity index (χ0) is 17.9. The molecule has 1 fully saturated rings. The number of carbonyl (C=O) groups excluding carboxylic acids is 1. The number of H-pyrrole nitrogens is 1. The van der Waals surface area contributed by atoms with Crippen molar-refractivity contribution in [1.29, 1.82) is 0 Å². The zero-order valence-electron chi connectivity index (χ0n) is 14.1. The second-order valence-corrected chi connectivity index (χ2v) is 6.94. The number of nitrogens with one attached hydrogen (secondary N) is 1. The van der Waals surface area contributed by atoms with Gasteiger partial charge < -0.3 is 9.64 Å². The molecule has 1 amide bonds. The molecule has 2 heterocycles. The van der Waals surface area contributed by atoms with Gasteiger partial charge in [-0.15, -0.1) is 0 Å². The van der Waals surface area contributed by atoms with Crippen molar-refractivity contribution in [2.24, 2.45) is 0 Å². The van der Waals surface area contributed by atoms with Crippen molar-refractivity contribution >= 4 is 21.8 Å². The average Bonchev–Trinajstić information content (AvgIpc) is 3.10. The van der Waals surface area contributed by atoms with Gasteiger partial charge in [0.2, 0.25) is 0 Å². The number of benzene rings is 2. The summed E-state index contributed by atoms with van der Waals surface area (Å²) in [7, 11) is 0. The van der Waals surface area contributed by atoms with Crippen LogP contribution >= 0.6 is 15.9 Å². The van der Waals surface area contributed by atoms with Gasteiger partial charge in [0.1, 0.15) is 17.5 Å². The Morgan fingerprint density at radius 3 is 2.54 bits per heavy atom. The molecule has 1 saturated heterocycles. The van der Waals surface area contributed by atoms with Crippen molar-refractivity contribution in [3.05, 3.63) is 76.4 Å². The SMILES string of the molecule is O=C(c1[nH]nc(-c2ccccc2)c1Br)N1CCO[C@@H](c2ccccc2)C1. The molecule has 1 N–H and O–H groups in total. The number of nitrogens with zero attached hydrogens (tertiary/aromatic N) is 2. The van der Waals surface area contributed by atoms with Crippen LogP contribution in [-0.4, -0.2) is 40.7 Å². The van der Waals surface area contributed by atoms with Crippen molar-refractivity contribution < 1.29 is 9.53 Å². The Hall–Kier alpha value is -2.44. The summed E-state index contributed by atoms with van der Waals surface area (Å²) >= 11 is 3.54. The second-order valence-electron chi connectivity index (χ2n) is 6.15. The van der Waals surface area contributed by atoms with Gasteiger partial charge in [0.05, 0.1) is 17.6 Å². The number of rotatable bonds is 3. The fraction of sp³-hybridized carbons (Fsp3) is 0.200. The molecule has 26 heavy (non-hydrogen) atoms. The normalized spacial score (nSPS) is 17.3. The molecule has 5 nitrogen and oxygen atoms in total. The van der Waals surface area contributed by atoms with Gasteiger partial charge in [-0.1, -0.05) is 60.7 Å². The lowest BCUT2D eigenvalue weighted by Crippen LogP contribution is -2.42. The molecule has 0 aliphatic carbocycles. The number of hydrogen-bond acceptors (Lipinski definition) is 3. The number of aromatic nitrogens is 2. The van der Waals surface area contributed by atoms with Gasteiger partial charge in [-0.3, -0.25) is 9.89 Å². The molecule has 0 unspecified atom stereocenters. The molecule has 4 rings (SSSR count). The number of ether oxygens (including phenoxy) is 1. The highest BCUT2D eigenvalue weighted by Crippen LogP contribution is 2.30. The van der Waals surface area contributed by atoms with E-state index < -0.39 is 0 Å². The van der Waals surface area contributed by atoms with Gasteiger partial charge in [-0.05, 0) is 21.5 Å². The quantitative estimate of drug-likeness (QED) is 0.706. The Morgan fingerprint density at radius 1 is 1.12 bits per heavy atom. The minimum Gasteiger partial charge on any atom is -0.370 e. The fourth-order valence-corrected chi connectivity index (χ4v) is 3.69. The first-order valence-corrected chi connectivity index (χ1v) is 9.28. The van der Waals surface area contributed by atoms with Crippen molar-refractivity contribution in [2.75, 3.05) is 19.7 Å². The number of amides is 1. The molecule has 1 aliphatic heterocycles. The monoisotopic (exact) mass is 411 g/mol. The summed E-state index contributed by atoms with van der Waals surface area (Å²) in [6, 6.07) is 19.8. The lowest BCUT2D eigenvalue weighted by atomic mass is 10.1. The summed E-state index contributed by atoms with van der Waals surface area (Å²) < 4.78 is 6.54. The van der Waals surface area contributed by atoms with Gasteiger partial charge in [-0.2, -0.15) is 5.10 Å². The molecular weight excluding hydrogens is 394 g/mol. The van der Waals surface area contributed by atoms with Crippen molar-refractivity contribution in [1.82, 2.24) is 15.1 Å². The van der Waals surface area contributed by atoms with Gasteiger partial charge in [0.25, 0.3) is 5.91 Å². The lowest BCUT2D eigenvalue weighted by molar-refractivity contribution is -0.0230. The maximum absolute atomic E-state index is 13.0. The minimum atomic E-state index is -0.107. The summed E-state index contributed by atoms with van der Waals surface area (Å²) in [5.41, 5.74) is 3.25. The Balaban J connectivity index is 1.55. The van der Waals surface area contributed by atoms with E-state index in [9.17, 15) is 4.79 Å². The molecule has 0 spiro atoms. The van der Waals surface area contributed by atoms with Crippen LogP contribution in [0.4, 0.5) is 0 Å². The first-order chi connectivity index (χ1) is 12.7. The zero-order valence-corrected chi connectivity index (χ0v) is 15.6. The van der Waals surface area contributed by atoms with E-state index in [1.165, 1.54) is 0 Å². The van der Waals surface area contributed by atoms with Crippen LogP contribution in [0.2, 0.25) is 0 Å². The number of morpholine rings is 1. The van der Waals surface area contributed by atoms with Crippen LogP contribution in [0.3, 0.4) is 0 Å². The van der Waals surface area contributed by atoms with Gasteiger partial charge in [0, 0.05) is 12.1 Å². The third-order valence-electron chi connectivity index (χ3n) is 4.49. The molecule has 0 radical (unpaired) electrons. The molecule has 0 saturated carbocycles. The highest BCUT2D eigenvalue weighted by atomic mass is 79.9. The average molecular weight is 412 g/mol. The van der Waals surface area contributed by atoms with E-state index in [0.717, 1.165) is 16.8 Å². The van der Waals surface area contributed by atoms with Crippen LogP contribution in [0.25, 0.3) is 11.3 Å². The molecular formula is C20H18BrN3O2. The van der Waals surface area contributed by atoms with Crippen molar-refractivity contribution in [3.8, 4) is 11.3 Å². The first kappa shape index (κ1) is 17.0. The van der Waals surface area contributed by atoms with Gasteiger partial charge in [0.15, 0.2) is 0 Å². The number of hydrogen-bond donors (Lipinski definition) is 1. The minimum absolute atomic E-state index is 0.0733. The van der Waals surface area contributed by atoms with E-state index in [1.807, 2.05) is 65.6 Å². The largest absolute Gasteiger partial charge is 0.370 e. The van der Waals surface area contributed by atoms with E-state index in [1.54, 1.807) is 0 Å². The molecule has 6 heteroatoms. The van der Waals surface area contributed by atoms with Crippen LogP contribution in [0, 0.1) is 0 Å². The highest BCUT2D eigenvalue weighted by molar-refractivity contribution is 9.10. The van der Waals surface area contributed by atoms with E-state index >= 15 is 0 Å². The van der Waals surface area contributed by atoms with Crippen molar-refractivity contribution in [2.45, 2.75) is 6.10 Å². The summed E-state index contributed by atoms with van der Waals surface area (Å²) in [5, 5.41) is 7.22. The lowest BCUT2D eigenvalue weighted by Gasteiger charge is -2.33. The van der Waals surface area contributed by atoms with Crippen LogP contribution in [-0.2, 0) is 4.74 Å². The first-order valence-electron chi connectivity index (χ1n) is 8.49. The maximum atomic E-state index is 13.0. The fourth-order valence-electron chi connectivity index (χ4n) is 3.12. The molecule has 3 aromatic rings. The Labute approximate surface area is 160 Å². The molecule has 1 aliphatic rings. The van der Waals surface area contributed by atoms with Crippen LogP contribution in [0.15, 0.2) is 65.1 Å². The summed E-state index contributed by atoms with van der Waals surface area (Å²) in [6.45, 7) is 1.60. The molecule has 2 aromatic carbocycles. The van der Waals surface area contributed by atoms with Gasteiger partial charge >= 0.3 is 0 Å². The molecule has 1 aromatic heterocycles. The van der Waals surface area contributed by atoms with E-state index in [-0.39, 0.29) is 12.0 Å². The smallest absolute Gasteiger partial charge is 0.273 e. The van der Waals surface area contributed by atoms with Crippen LogP contribution in [0.1, 0.15) is 22.2 Å². The topological polar surface area (TPSA) is 58.2 Å². The maximum Gasteiger partial charge on any atom is 0.273 e. The Kier molecular flexibility index (Phi) is 4.86. The van der Waals surface area contributed by atoms with E-state index in [4.69, 9.17) is 4.74 Å². The van der Waals surface area contributed by atoms with Crippen LogP contribution < -0.4 is 0 Å². The van der Waals surface area contributed by atoms with E-state index in [0.29, 0.717) is 29.9 Å². The number of aromatic amines is 1. The Morgan fingerprint density at radius 2 is 1.81 bits per heavy atom. The molecule has 0 bridgehead atoms. The van der Waals surface area contributed by atoms with Crippen LogP contribution in [0.5, 0.6) is 0 Å². The predicted molar refractivity (Wildman–Crippen MR) is 103 cm³/mol. The predicted octanol–water partition coefficient (Wildman–Crippen LogP) is 4.05. The highest BCUT2D eigenvalue weighted by Gasteiger charge is 2.29. The van der Waals surface area contributed by atoms with Crippen molar-refractivity contribution in [3.63, 3.8) is 0 Å². The van der Waals surface area contributed by atoms with E-state index in [2.05, 4.69) is 26.1 Å². The second kappa shape index (κ2) is 7.43. The summed E-state index contributed by atoms with van der Waals surface area (Å²) in [4.78, 5) is 14.8. The number of halogens is 1. The standard InChI is InChI=1S/C20H18BrN3O2/c21-17-18(15-9-5-2-6-10-15)22-23-19(17)20(25)24-11-12-26-16(13-24)14-7-3-1-4-8-14/h1-10,16H,11-13H2,(H,22,23)/t16-/m1/s1. The third kappa shape index (κ3) is 3.30.